The molecule has 0 saturated carbocycles. The summed E-state index contributed by atoms with van der Waals surface area (Å²) in [5.74, 6) is -0.118. The van der Waals surface area contributed by atoms with Gasteiger partial charge in [0.1, 0.15) is 4.21 Å². The molecular formula is C16H11ClF3N3O3S2. The fourth-order valence-electron chi connectivity index (χ4n) is 2.71. The van der Waals surface area contributed by atoms with Gasteiger partial charge in [0.15, 0.2) is 0 Å². The minimum Gasteiger partial charge on any atom is -0.339 e. The summed E-state index contributed by atoms with van der Waals surface area (Å²) in [5.41, 5.74) is -0.645. The summed E-state index contributed by atoms with van der Waals surface area (Å²) in [7, 11) is -3.64. The number of alkyl halides is 3. The van der Waals surface area contributed by atoms with Gasteiger partial charge in [-0.25, -0.2) is 8.42 Å². The van der Waals surface area contributed by atoms with Gasteiger partial charge in [-0.15, -0.1) is 11.3 Å². The van der Waals surface area contributed by atoms with Crippen LogP contribution in [0.1, 0.15) is 17.4 Å². The molecule has 1 aliphatic rings. The Bertz CT molecular complexity index is 1120. The quantitative estimate of drug-likeness (QED) is 0.595. The Morgan fingerprint density at radius 1 is 1.21 bits per heavy atom. The smallest absolute Gasteiger partial charge is 0.339 e. The molecule has 0 radical (unpaired) electrons. The Labute approximate surface area is 166 Å². The van der Waals surface area contributed by atoms with Crippen LogP contribution in [0.3, 0.4) is 0 Å². The predicted molar refractivity (Wildman–Crippen MR) is 95.6 cm³/mol. The van der Waals surface area contributed by atoms with Crippen molar-refractivity contribution in [2.24, 2.45) is 0 Å². The zero-order valence-electron chi connectivity index (χ0n) is 13.9. The Kier molecular flexibility index (Phi) is 4.73. The van der Waals surface area contributed by atoms with Gasteiger partial charge in [0.05, 0.1) is 15.8 Å². The van der Waals surface area contributed by atoms with Crippen molar-refractivity contribution in [3.05, 3.63) is 52.2 Å². The molecule has 148 valence electrons. The van der Waals surface area contributed by atoms with Crippen LogP contribution in [0.4, 0.5) is 13.2 Å². The van der Waals surface area contributed by atoms with E-state index >= 15 is 0 Å². The molecular weight excluding hydrogens is 439 g/mol. The molecule has 3 aromatic rings. The van der Waals surface area contributed by atoms with Gasteiger partial charge < -0.3 is 4.52 Å². The van der Waals surface area contributed by atoms with Crippen LogP contribution in [0.2, 0.25) is 4.34 Å². The van der Waals surface area contributed by atoms with Gasteiger partial charge in [-0.1, -0.05) is 28.9 Å². The third-order valence-corrected chi connectivity index (χ3v) is 7.76. The van der Waals surface area contributed by atoms with Crippen molar-refractivity contribution < 1.29 is 26.1 Å². The average molecular weight is 450 g/mol. The van der Waals surface area contributed by atoms with Crippen LogP contribution in [0, 0.1) is 0 Å². The number of halogens is 4. The molecule has 0 amide bonds. The van der Waals surface area contributed by atoms with Crippen molar-refractivity contribution >= 4 is 33.0 Å². The van der Waals surface area contributed by atoms with E-state index in [0.717, 1.165) is 23.5 Å². The molecule has 0 bridgehead atoms. The lowest BCUT2D eigenvalue weighted by molar-refractivity contribution is -0.137. The second-order valence-electron chi connectivity index (χ2n) is 6.11. The van der Waals surface area contributed by atoms with E-state index in [4.69, 9.17) is 16.1 Å². The van der Waals surface area contributed by atoms with Crippen molar-refractivity contribution in [2.75, 3.05) is 13.1 Å². The lowest BCUT2D eigenvalue weighted by atomic mass is 10.0. The third kappa shape index (κ3) is 3.54. The molecule has 3 heterocycles. The van der Waals surface area contributed by atoms with Crippen LogP contribution < -0.4 is 0 Å². The second-order valence-corrected chi connectivity index (χ2v) is 9.99. The molecule has 6 nitrogen and oxygen atoms in total. The number of aromatic nitrogens is 2. The lowest BCUT2D eigenvalue weighted by Gasteiger charge is -2.35. The van der Waals surface area contributed by atoms with Crippen LogP contribution in [-0.2, 0) is 16.2 Å². The van der Waals surface area contributed by atoms with Crippen LogP contribution in [0.5, 0.6) is 0 Å². The van der Waals surface area contributed by atoms with Crippen LogP contribution in [-0.4, -0.2) is 36.0 Å². The van der Waals surface area contributed by atoms with Gasteiger partial charge in [-0.3, -0.25) is 0 Å². The zero-order chi connectivity index (χ0) is 20.1. The molecule has 1 aromatic carbocycles. The SMILES string of the molecule is O=S(=O)(c1ccc(Cl)s1)N1CC(c2nc(-c3cccc(C(F)(F)F)c3)no2)C1. The highest BCUT2D eigenvalue weighted by Crippen LogP contribution is 2.36. The van der Waals surface area contributed by atoms with Gasteiger partial charge >= 0.3 is 6.18 Å². The highest BCUT2D eigenvalue weighted by atomic mass is 35.5. The standard InChI is InChI=1S/C16H11ClF3N3O3S2/c17-12-4-5-13(27-12)28(24,25)23-7-10(8-23)15-21-14(22-26-15)9-2-1-3-11(6-9)16(18,19)20/h1-6,10H,7-8H2. The number of thiophene rings is 1. The van der Waals surface area contributed by atoms with Crippen molar-refractivity contribution in [3.8, 4) is 11.4 Å². The number of sulfonamides is 1. The summed E-state index contributed by atoms with van der Waals surface area (Å²) in [6.07, 6.45) is -4.48. The predicted octanol–water partition coefficient (Wildman–Crippen LogP) is 4.26. The first-order chi connectivity index (χ1) is 13.1. The number of rotatable bonds is 4. The largest absolute Gasteiger partial charge is 0.416 e. The number of hydrogen-bond donors (Lipinski definition) is 0. The first-order valence-corrected chi connectivity index (χ1v) is 10.5. The Balaban J connectivity index is 1.48. The lowest BCUT2D eigenvalue weighted by Crippen LogP contribution is -2.48. The number of nitrogens with zero attached hydrogens (tertiary/aromatic N) is 3. The van der Waals surface area contributed by atoms with Crippen LogP contribution in [0.25, 0.3) is 11.4 Å². The summed E-state index contributed by atoms with van der Waals surface area (Å²) in [4.78, 5) is 4.13. The summed E-state index contributed by atoms with van der Waals surface area (Å²) >= 11 is 6.76. The van der Waals surface area contributed by atoms with E-state index < -0.39 is 21.8 Å². The molecule has 12 heteroatoms. The number of benzene rings is 1. The Morgan fingerprint density at radius 3 is 2.61 bits per heavy atom. The maximum atomic E-state index is 12.8. The second kappa shape index (κ2) is 6.83. The highest BCUT2D eigenvalue weighted by Gasteiger charge is 2.41. The zero-order valence-corrected chi connectivity index (χ0v) is 16.2. The monoisotopic (exact) mass is 449 g/mol. The van der Waals surface area contributed by atoms with E-state index in [1.165, 1.54) is 28.6 Å². The molecule has 1 aliphatic heterocycles. The topological polar surface area (TPSA) is 76.3 Å². The molecule has 28 heavy (non-hydrogen) atoms. The summed E-state index contributed by atoms with van der Waals surface area (Å²) in [6, 6.07) is 7.55. The summed E-state index contributed by atoms with van der Waals surface area (Å²) in [6.45, 7) is 0.282. The average Bonchev–Trinajstić information content (AvgIpc) is 3.22. The van der Waals surface area contributed by atoms with E-state index in [1.54, 1.807) is 0 Å². The van der Waals surface area contributed by atoms with Gasteiger partial charge in [-0.2, -0.15) is 22.5 Å². The minimum absolute atomic E-state index is 0.0208. The highest BCUT2D eigenvalue weighted by molar-refractivity contribution is 7.91. The van der Waals surface area contributed by atoms with Crippen LogP contribution in [0.15, 0.2) is 45.1 Å². The summed E-state index contributed by atoms with van der Waals surface area (Å²) < 4.78 is 70.4. The van der Waals surface area contributed by atoms with Gasteiger partial charge in [0.25, 0.3) is 10.0 Å². The first-order valence-electron chi connectivity index (χ1n) is 7.91. The molecule has 2 aromatic heterocycles. The van der Waals surface area contributed by atoms with Crippen molar-refractivity contribution in [1.29, 1.82) is 0 Å². The third-order valence-electron chi connectivity index (χ3n) is 4.23. The van der Waals surface area contributed by atoms with Gasteiger partial charge in [-0.05, 0) is 24.3 Å². The fraction of sp³-hybridized carbons (Fsp3) is 0.250. The Morgan fingerprint density at radius 2 is 1.96 bits per heavy atom. The molecule has 1 fully saturated rings. The van der Waals surface area contributed by atoms with Gasteiger partial charge in [0.2, 0.25) is 11.7 Å². The first kappa shape index (κ1) is 19.4. The molecule has 0 spiro atoms. The molecule has 0 atom stereocenters. The molecule has 0 unspecified atom stereocenters. The van der Waals surface area contributed by atoms with Crippen molar-refractivity contribution in [1.82, 2.24) is 14.4 Å². The van der Waals surface area contributed by atoms with E-state index in [9.17, 15) is 21.6 Å². The molecule has 4 rings (SSSR count). The molecule has 1 saturated heterocycles. The van der Waals surface area contributed by atoms with Crippen molar-refractivity contribution in [2.45, 2.75) is 16.3 Å². The maximum absolute atomic E-state index is 12.8. The van der Waals surface area contributed by atoms with Gasteiger partial charge in [0, 0.05) is 18.7 Å². The molecule has 0 aliphatic carbocycles. The van der Waals surface area contributed by atoms with E-state index in [2.05, 4.69) is 10.1 Å². The van der Waals surface area contributed by atoms with Crippen molar-refractivity contribution in [3.63, 3.8) is 0 Å². The molecule has 0 N–H and O–H groups in total. The Hall–Kier alpha value is -1.95. The normalized spacial score (nSPS) is 16.3. The van der Waals surface area contributed by atoms with E-state index in [0.29, 0.717) is 4.34 Å². The van der Waals surface area contributed by atoms with E-state index in [-0.39, 0.29) is 40.5 Å². The summed E-state index contributed by atoms with van der Waals surface area (Å²) in [5, 5.41) is 3.72. The maximum Gasteiger partial charge on any atom is 0.416 e. The van der Waals surface area contributed by atoms with E-state index in [1.807, 2.05) is 0 Å². The number of hydrogen-bond acceptors (Lipinski definition) is 6. The fourth-order valence-corrected chi connectivity index (χ4v) is 5.87. The minimum atomic E-state index is -4.48. The van der Waals surface area contributed by atoms with Crippen LogP contribution >= 0.6 is 22.9 Å².